The molecule has 7 nitrogen and oxygen atoms in total. The molecule has 9 heteroatoms. The summed E-state index contributed by atoms with van der Waals surface area (Å²) in [5, 5.41) is 0.501. The second kappa shape index (κ2) is 8.94. The zero-order chi connectivity index (χ0) is 23.9. The summed E-state index contributed by atoms with van der Waals surface area (Å²) in [5.41, 5.74) is 1.55. The molecule has 0 saturated carbocycles. The molecule has 1 fully saturated rings. The molecule has 5 rings (SSSR count). The average Bonchev–Trinajstić information content (AvgIpc) is 3.00. The van der Waals surface area contributed by atoms with E-state index in [-0.39, 0.29) is 10.9 Å². The Morgan fingerprint density at radius 1 is 1.03 bits per heavy atom. The van der Waals surface area contributed by atoms with Gasteiger partial charge in [-0.2, -0.15) is 4.31 Å². The molecule has 0 radical (unpaired) electrons. The highest BCUT2D eigenvalue weighted by atomic mass is 35.5. The molecule has 1 atom stereocenters. The van der Waals surface area contributed by atoms with Gasteiger partial charge in [-0.25, -0.2) is 13.4 Å². The number of para-hydroxylation sites is 2. The molecule has 1 saturated heterocycles. The van der Waals surface area contributed by atoms with Gasteiger partial charge in [-0.1, -0.05) is 23.7 Å². The van der Waals surface area contributed by atoms with Crippen molar-refractivity contribution >= 4 is 33.1 Å². The van der Waals surface area contributed by atoms with Crippen molar-refractivity contribution in [2.75, 3.05) is 26.7 Å². The summed E-state index contributed by atoms with van der Waals surface area (Å²) in [5.74, 6) is 2.73. The van der Waals surface area contributed by atoms with E-state index in [1.165, 1.54) is 0 Å². The SMILES string of the molecule is COc1ccc2c(c1)Oc1ccccc1N=C2N1CCN(S(=O)(=O)c2ccc(Cl)cc2)[C@@H](C)C1. The smallest absolute Gasteiger partial charge is 0.243 e. The van der Waals surface area contributed by atoms with Crippen LogP contribution in [0.5, 0.6) is 17.2 Å². The lowest BCUT2D eigenvalue weighted by atomic mass is 10.1. The topological polar surface area (TPSA) is 71.4 Å². The minimum absolute atomic E-state index is 0.240. The van der Waals surface area contributed by atoms with Gasteiger partial charge in [0.05, 0.1) is 17.6 Å². The fourth-order valence-corrected chi connectivity index (χ4v) is 6.04. The molecule has 0 aromatic heterocycles. The predicted molar refractivity (Wildman–Crippen MR) is 132 cm³/mol. The van der Waals surface area contributed by atoms with Crippen molar-refractivity contribution in [2.24, 2.45) is 4.99 Å². The highest BCUT2D eigenvalue weighted by Crippen LogP contribution is 2.40. The summed E-state index contributed by atoms with van der Waals surface area (Å²) in [6.45, 7) is 3.22. The zero-order valence-corrected chi connectivity index (χ0v) is 20.4. The molecule has 34 heavy (non-hydrogen) atoms. The molecular weight excluding hydrogens is 474 g/mol. The number of hydrogen-bond donors (Lipinski definition) is 0. The number of nitrogens with zero attached hydrogens (tertiary/aromatic N) is 3. The quantitative estimate of drug-likeness (QED) is 0.513. The van der Waals surface area contributed by atoms with Crippen LogP contribution in [0.1, 0.15) is 12.5 Å². The first-order valence-corrected chi connectivity index (χ1v) is 12.7. The monoisotopic (exact) mass is 497 g/mol. The lowest BCUT2D eigenvalue weighted by Crippen LogP contribution is -2.55. The van der Waals surface area contributed by atoms with E-state index < -0.39 is 10.0 Å². The normalized spacial score (nSPS) is 18.3. The summed E-state index contributed by atoms with van der Waals surface area (Å²) < 4.78 is 39.7. The minimum atomic E-state index is -3.64. The number of benzene rings is 3. The molecule has 2 aliphatic rings. The van der Waals surface area contributed by atoms with E-state index in [4.69, 9.17) is 26.1 Å². The average molecular weight is 498 g/mol. The van der Waals surface area contributed by atoms with E-state index in [0.29, 0.717) is 41.9 Å². The van der Waals surface area contributed by atoms with E-state index in [1.54, 1.807) is 35.7 Å². The molecule has 0 bridgehead atoms. The van der Waals surface area contributed by atoms with Crippen molar-refractivity contribution in [3.63, 3.8) is 0 Å². The third-order valence-electron chi connectivity index (χ3n) is 6.03. The largest absolute Gasteiger partial charge is 0.497 e. The van der Waals surface area contributed by atoms with Gasteiger partial charge in [-0.3, -0.25) is 0 Å². The number of methoxy groups -OCH3 is 1. The molecule has 3 aromatic rings. The van der Waals surface area contributed by atoms with Gasteiger partial charge in [-0.05, 0) is 55.5 Å². The minimum Gasteiger partial charge on any atom is -0.497 e. The van der Waals surface area contributed by atoms with Crippen LogP contribution < -0.4 is 9.47 Å². The molecule has 0 aliphatic carbocycles. The van der Waals surface area contributed by atoms with Crippen LogP contribution in [0.4, 0.5) is 5.69 Å². The third-order valence-corrected chi connectivity index (χ3v) is 8.31. The van der Waals surface area contributed by atoms with Crippen molar-refractivity contribution in [2.45, 2.75) is 17.9 Å². The number of halogens is 1. The lowest BCUT2D eigenvalue weighted by Gasteiger charge is -2.40. The van der Waals surface area contributed by atoms with Crippen molar-refractivity contribution in [1.82, 2.24) is 9.21 Å². The second-order valence-electron chi connectivity index (χ2n) is 8.23. The summed E-state index contributed by atoms with van der Waals surface area (Å²) in [6.07, 6.45) is 0. The number of aliphatic imine (C=N–C) groups is 1. The molecule has 3 aromatic carbocycles. The Labute approximate surface area is 204 Å². The van der Waals surface area contributed by atoms with Gasteiger partial charge in [0.1, 0.15) is 23.0 Å². The standard InChI is InChI=1S/C25H24ClN3O4S/c1-17-16-28(13-14-29(17)34(30,31)20-10-7-18(26)8-11-20)25-21-12-9-19(32-2)15-24(21)33-23-6-4-3-5-22(23)27-25/h3-12,15,17H,13-14,16H2,1-2H3/t17-/m0/s1. The maximum atomic E-state index is 13.3. The van der Waals surface area contributed by atoms with Gasteiger partial charge < -0.3 is 14.4 Å². The highest BCUT2D eigenvalue weighted by Gasteiger charge is 2.36. The Balaban J connectivity index is 1.48. The van der Waals surface area contributed by atoms with Crippen molar-refractivity contribution in [1.29, 1.82) is 0 Å². The van der Waals surface area contributed by atoms with Crippen molar-refractivity contribution in [3.8, 4) is 17.2 Å². The van der Waals surface area contributed by atoms with E-state index in [9.17, 15) is 8.42 Å². The second-order valence-corrected chi connectivity index (χ2v) is 10.6. The molecule has 0 unspecified atom stereocenters. The van der Waals surface area contributed by atoms with Crippen molar-refractivity contribution in [3.05, 3.63) is 77.3 Å². The van der Waals surface area contributed by atoms with Crippen LogP contribution in [0, 0.1) is 0 Å². The maximum Gasteiger partial charge on any atom is 0.243 e. The van der Waals surface area contributed by atoms with Gasteiger partial charge in [0.15, 0.2) is 5.75 Å². The van der Waals surface area contributed by atoms with E-state index in [2.05, 4.69) is 4.90 Å². The Bertz CT molecular complexity index is 1360. The van der Waals surface area contributed by atoms with E-state index in [0.717, 1.165) is 17.1 Å². The number of fused-ring (bicyclic) bond motifs is 2. The van der Waals surface area contributed by atoms with Crippen LogP contribution in [-0.4, -0.2) is 56.2 Å². The molecular formula is C25H24ClN3O4S. The van der Waals surface area contributed by atoms with Gasteiger partial charge in [0, 0.05) is 36.8 Å². The zero-order valence-electron chi connectivity index (χ0n) is 18.8. The van der Waals surface area contributed by atoms with Crippen LogP contribution in [0.3, 0.4) is 0 Å². The van der Waals surface area contributed by atoms with Crippen LogP contribution in [0.2, 0.25) is 5.02 Å². The number of piperazine rings is 1. The number of ether oxygens (including phenoxy) is 2. The van der Waals surface area contributed by atoms with Crippen LogP contribution in [-0.2, 0) is 10.0 Å². The van der Waals surface area contributed by atoms with Gasteiger partial charge in [0.2, 0.25) is 10.0 Å². The summed E-state index contributed by atoms with van der Waals surface area (Å²) >= 11 is 5.94. The Hall–Kier alpha value is -3.07. The maximum absolute atomic E-state index is 13.3. The fraction of sp³-hybridized carbons (Fsp3) is 0.240. The molecule has 0 spiro atoms. The van der Waals surface area contributed by atoms with E-state index in [1.807, 2.05) is 49.4 Å². The third kappa shape index (κ3) is 4.13. The van der Waals surface area contributed by atoms with Crippen molar-refractivity contribution < 1.29 is 17.9 Å². The predicted octanol–water partition coefficient (Wildman–Crippen LogP) is 4.93. The van der Waals surface area contributed by atoms with Crippen LogP contribution >= 0.6 is 11.6 Å². The fourth-order valence-electron chi connectivity index (χ4n) is 4.30. The summed E-state index contributed by atoms with van der Waals surface area (Å²) in [7, 11) is -2.03. The highest BCUT2D eigenvalue weighted by molar-refractivity contribution is 7.89. The number of hydrogen-bond acceptors (Lipinski definition) is 6. The first-order valence-electron chi connectivity index (χ1n) is 10.9. The van der Waals surface area contributed by atoms with Crippen LogP contribution in [0.15, 0.2) is 76.6 Å². The molecule has 2 heterocycles. The Morgan fingerprint density at radius 2 is 1.79 bits per heavy atom. The van der Waals surface area contributed by atoms with E-state index >= 15 is 0 Å². The Kier molecular flexibility index (Phi) is 5.97. The Morgan fingerprint density at radius 3 is 2.53 bits per heavy atom. The molecule has 176 valence electrons. The van der Waals surface area contributed by atoms with Gasteiger partial charge >= 0.3 is 0 Å². The number of sulfonamides is 1. The summed E-state index contributed by atoms with van der Waals surface area (Å²) in [4.78, 5) is 7.30. The first kappa shape index (κ1) is 22.7. The van der Waals surface area contributed by atoms with Gasteiger partial charge in [-0.15, -0.1) is 0 Å². The first-order chi connectivity index (χ1) is 16.4. The molecule has 0 N–H and O–H groups in total. The van der Waals surface area contributed by atoms with Crippen LogP contribution in [0.25, 0.3) is 0 Å². The number of rotatable bonds is 3. The molecule has 2 aliphatic heterocycles. The summed E-state index contributed by atoms with van der Waals surface area (Å²) in [6, 6.07) is 19.3. The van der Waals surface area contributed by atoms with Gasteiger partial charge in [0.25, 0.3) is 0 Å². The molecule has 0 amide bonds. The lowest BCUT2D eigenvalue weighted by molar-refractivity contribution is 0.205. The number of amidine groups is 1.